The Bertz CT molecular complexity index is 557. The number of aromatic nitrogens is 1. The third-order valence-electron chi connectivity index (χ3n) is 2.03. The first-order valence-corrected chi connectivity index (χ1v) is 5.45. The molecular weight excluding hydrogens is 236 g/mol. The van der Waals surface area contributed by atoms with Crippen molar-refractivity contribution in [3.8, 4) is 11.3 Å². The quantitative estimate of drug-likeness (QED) is 0.747. The number of thiazole rings is 1. The summed E-state index contributed by atoms with van der Waals surface area (Å²) in [5, 5.41) is 0. The average Bonchev–Trinajstić information content (AvgIpc) is 2.50. The van der Waals surface area contributed by atoms with Crippen LogP contribution < -0.4 is 0 Å². The number of H-pyrrole nitrogens is 1. The Morgan fingerprint density at radius 3 is 2.53 bits per heavy atom. The number of halogens is 2. The lowest BCUT2D eigenvalue weighted by molar-refractivity contribution is 0.509. The molecule has 0 bridgehead atoms. The van der Waals surface area contributed by atoms with Gasteiger partial charge in [0.25, 0.3) is 0 Å². The molecule has 1 aromatic heterocycles. The third-order valence-corrected chi connectivity index (χ3v) is 3.18. The number of benzene rings is 1. The fourth-order valence-corrected chi connectivity index (χ4v) is 2.51. The highest BCUT2D eigenvalue weighted by Crippen LogP contribution is 2.26. The largest absolute Gasteiger partial charge is 0.337 e. The molecule has 0 saturated carbocycles. The lowest BCUT2D eigenvalue weighted by Crippen LogP contribution is -1.86. The second-order valence-electron chi connectivity index (χ2n) is 3.07. The number of nitrogens with one attached hydrogen (secondary N) is 1. The zero-order chi connectivity index (χ0) is 11.0. The van der Waals surface area contributed by atoms with Crippen LogP contribution in [0.2, 0.25) is 0 Å². The Morgan fingerprint density at radius 1 is 1.27 bits per heavy atom. The van der Waals surface area contributed by atoms with Crippen molar-refractivity contribution in [1.29, 1.82) is 0 Å². The van der Waals surface area contributed by atoms with E-state index in [4.69, 9.17) is 12.2 Å². The van der Waals surface area contributed by atoms with Gasteiger partial charge in [0.1, 0.15) is 0 Å². The molecule has 2 rings (SSSR count). The normalized spacial score (nSPS) is 10.6. The molecule has 0 atom stereocenters. The summed E-state index contributed by atoms with van der Waals surface area (Å²) in [6, 6.07) is 3.80. The number of aromatic amines is 1. The van der Waals surface area contributed by atoms with Crippen LogP contribution in [-0.4, -0.2) is 4.98 Å². The minimum absolute atomic E-state index is 0.610. The van der Waals surface area contributed by atoms with E-state index in [2.05, 4.69) is 4.98 Å². The summed E-state index contributed by atoms with van der Waals surface area (Å²) in [5.74, 6) is -1.69. The predicted octanol–water partition coefficient (Wildman–Crippen LogP) is 4.06. The molecule has 0 saturated heterocycles. The summed E-state index contributed by atoms with van der Waals surface area (Å²) in [7, 11) is 0. The van der Waals surface area contributed by atoms with Crippen molar-refractivity contribution in [2.75, 3.05) is 0 Å². The van der Waals surface area contributed by atoms with Gasteiger partial charge in [0.05, 0.1) is 5.69 Å². The Hall–Kier alpha value is -1.07. The van der Waals surface area contributed by atoms with E-state index in [1.54, 1.807) is 0 Å². The van der Waals surface area contributed by atoms with Crippen molar-refractivity contribution >= 4 is 23.6 Å². The highest BCUT2D eigenvalue weighted by atomic mass is 32.1. The maximum Gasteiger partial charge on any atom is 0.159 e. The van der Waals surface area contributed by atoms with Crippen LogP contribution in [0.25, 0.3) is 11.3 Å². The van der Waals surface area contributed by atoms with Gasteiger partial charge in [0.2, 0.25) is 0 Å². The molecule has 1 aromatic carbocycles. The van der Waals surface area contributed by atoms with Crippen LogP contribution in [0, 0.1) is 22.5 Å². The summed E-state index contributed by atoms with van der Waals surface area (Å²) in [5.41, 5.74) is 1.36. The highest BCUT2D eigenvalue weighted by Gasteiger charge is 2.08. The predicted molar refractivity (Wildman–Crippen MR) is 59.6 cm³/mol. The Labute approximate surface area is 94.4 Å². The van der Waals surface area contributed by atoms with E-state index in [0.29, 0.717) is 9.52 Å². The molecule has 0 fully saturated rings. The van der Waals surface area contributed by atoms with Gasteiger partial charge in [0, 0.05) is 10.4 Å². The van der Waals surface area contributed by atoms with Gasteiger partial charge in [0.15, 0.2) is 15.6 Å². The van der Waals surface area contributed by atoms with Gasteiger partial charge in [-0.1, -0.05) is 0 Å². The lowest BCUT2D eigenvalue weighted by Gasteiger charge is -2.00. The van der Waals surface area contributed by atoms with Crippen molar-refractivity contribution in [3.05, 3.63) is 38.7 Å². The first-order valence-electron chi connectivity index (χ1n) is 4.23. The van der Waals surface area contributed by atoms with Crippen LogP contribution in [0.1, 0.15) is 4.88 Å². The van der Waals surface area contributed by atoms with Crippen molar-refractivity contribution in [2.45, 2.75) is 6.92 Å². The number of hydrogen-bond acceptors (Lipinski definition) is 2. The average molecular weight is 243 g/mol. The maximum atomic E-state index is 13.0. The molecular formula is C10H7F2NS2. The van der Waals surface area contributed by atoms with E-state index in [1.165, 1.54) is 17.4 Å². The van der Waals surface area contributed by atoms with Crippen LogP contribution in [-0.2, 0) is 0 Å². The zero-order valence-corrected chi connectivity index (χ0v) is 9.44. The molecule has 1 heterocycles. The maximum absolute atomic E-state index is 13.0. The smallest absolute Gasteiger partial charge is 0.159 e. The van der Waals surface area contributed by atoms with Gasteiger partial charge in [-0.3, -0.25) is 0 Å². The van der Waals surface area contributed by atoms with Crippen molar-refractivity contribution in [1.82, 2.24) is 4.98 Å². The monoisotopic (exact) mass is 243 g/mol. The second kappa shape index (κ2) is 3.83. The van der Waals surface area contributed by atoms with Crippen LogP contribution >= 0.6 is 23.6 Å². The first kappa shape index (κ1) is 10.4. The summed E-state index contributed by atoms with van der Waals surface area (Å²) in [6.45, 7) is 1.88. The van der Waals surface area contributed by atoms with E-state index in [0.717, 1.165) is 22.7 Å². The van der Waals surface area contributed by atoms with Crippen LogP contribution in [0.5, 0.6) is 0 Å². The molecule has 0 aliphatic rings. The van der Waals surface area contributed by atoms with Gasteiger partial charge >= 0.3 is 0 Å². The fraction of sp³-hybridized carbons (Fsp3) is 0.100. The van der Waals surface area contributed by atoms with Gasteiger partial charge in [-0.25, -0.2) is 8.78 Å². The minimum atomic E-state index is -0.850. The van der Waals surface area contributed by atoms with E-state index >= 15 is 0 Å². The number of hydrogen-bond donors (Lipinski definition) is 1. The topological polar surface area (TPSA) is 15.8 Å². The van der Waals surface area contributed by atoms with Crippen molar-refractivity contribution in [3.63, 3.8) is 0 Å². The second-order valence-corrected chi connectivity index (χ2v) is 4.97. The Morgan fingerprint density at radius 2 is 2.00 bits per heavy atom. The van der Waals surface area contributed by atoms with Crippen LogP contribution in [0.3, 0.4) is 0 Å². The molecule has 1 N–H and O–H groups in total. The van der Waals surface area contributed by atoms with Gasteiger partial charge in [-0.15, -0.1) is 11.3 Å². The zero-order valence-electron chi connectivity index (χ0n) is 7.80. The Balaban J connectivity index is 2.59. The van der Waals surface area contributed by atoms with Crippen molar-refractivity contribution < 1.29 is 8.78 Å². The third kappa shape index (κ3) is 1.98. The molecule has 0 aliphatic carbocycles. The number of aryl methyl sites for hydroxylation is 1. The van der Waals surface area contributed by atoms with Crippen molar-refractivity contribution in [2.24, 2.45) is 0 Å². The number of rotatable bonds is 1. The Kier molecular flexibility index (Phi) is 2.67. The van der Waals surface area contributed by atoms with Gasteiger partial charge in [-0.2, -0.15) is 0 Å². The fourth-order valence-electron chi connectivity index (χ4n) is 1.33. The summed E-state index contributed by atoms with van der Waals surface area (Å²) in [6.07, 6.45) is 0. The van der Waals surface area contributed by atoms with E-state index in [1.807, 2.05) is 6.92 Å². The molecule has 0 unspecified atom stereocenters. The molecule has 1 nitrogen and oxygen atoms in total. The summed E-state index contributed by atoms with van der Waals surface area (Å²) in [4.78, 5) is 3.92. The lowest BCUT2D eigenvalue weighted by atomic mass is 10.1. The highest BCUT2D eigenvalue weighted by molar-refractivity contribution is 7.73. The van der Waals surface area contributed by atoms with E-state index in [9.17, 15) is 8.78 Å². The van der Waals surface area contributed by atoms with Crippen LogP contribution in [0.15, 0.2) is 18.2 Å². The molecule has 5 heteroatoms. The van der Waals surface area contributed by atoms with E-state index in [-0.39, 0.29) is 0 Å². The summed E-state index contributed by atoms with van der Waals surface area (Å²) >= 11 is 6.39. The molecule has 78 valence electrons. The molecule has 15 heavy (non-hydrogen) atoms. The minimum Gasteiger partial charge on any atom is -0.337 e. The molecule has 0 amide bonds. The SMILES string of the molecule is Cc1sc(=S)[nH]c1-c1ccc(F)c(F)c1. The summed E-state index contributed by atoms with van der Waals surface area (Å²) < 4.78 is 26.3. The van der Waals surface area contributed by atoms with E-state index < -0.39 is 11.6 Å². The van der Waals surface area contributed by atoms with Gasteiger partial charge in [-0.05, 0) is 37.3 Å². The molecule has 0 radical (unpaired) electrons. The molecule has 0 aliphatic heterocycles. The standard InChI is InChI=1S/C10H7F2NS2/c1-5-9(13-10(14)15-5)6-2-3-7(11)8(12)4-6/h2-4H,1H3,(H,13,14). The van der Waals surface area contributed by atoms with Gasteiger partial charge < -0.3 is 4.98 Å². The van der Waals surface area contributed by atoms with Crippen LogP contribution in [0.4, 0.5) is 8.78 Å². The first-order chi connectivity index (χ1) is 7.08. The molecule has 2 aromatic rings. The molecule has 0 spiro atoms.